The lowest BCUT2D eigenvalue weighted by molar-refractivity contribution is -0.139. The fourth-order valence-corrected chi connectivity index (χ4v) is 2.92. The molecule has 1 aromatic rings. The number of anilines is 1. The second kappa shape index (κ2) is 9.57. The van der Waals surface area contributed by atoms with Crippen LogP contribution < -0.4 is 10.1 Å². The number of benzene rings is 1. The molecule has 0 bridgehead atoms. The van der Waals surface area contributed by atoms with Gasteiger partial charge in [0, 0.05) is 25.4 Å². The lowest BCUT2D eigenvalue weighted by Gasteiger charge is -2.27. The van der Waals surface area contributed by atoms with Gasteiger partial charge in [0.2, 0.25) is 0 Å². The number of nitrogens with one attached hydrogen (secondary N) is 1. The van der Waals surface area contributed by atoms with Gasteiger partial charge in [0.05, 0.1) is 0 Å². The van der Waals surface area contributed by atoms with Gasteiger partial charge in [-0.05, 0) is 63.8 Å². The van der Waals surface area contributed by atoms with Crippen molar-refractivity contribution in [2.24, 2.45) is 0 Å². The molecular formula is C20H30N2O4. The highest BCUT2D eigenvalue weighted by atomic mass is 16.5. The average molecular weight is 362 g/mol. The van der Waals surface area contributed by atoms with E-state index < -0.39 is 5.60 Å². The SMILES string of the molecule is CCO[C@@](C)(CC)C(=O)Nc1ccc(OCC(=O)N2CCCCC2)cc1. The molecule has 0 aliphatic carbocycles. The summed E-state index contributed by atoms with van der Waals surface area (Å²) < 4.78 is 11.2. The van der Waals surface area contributed by atoms with Crippen LogP contribution in [-0.2, 0) is 14.3 Å². The van der Waals surface area contributed by atoms with Crippen molar-refractivity contribution in [3.8, 4) is 5.75 Å². The molecule has 6 nitrogen and oxygen atoms in total. The lowest BCUT2D eigenvalue weighted by Crippen LogP contribution is -2.42. The monoisotopic (exact) mass is 362 g/mol. The smallest absolute Gasteiger partial charge is 0.260 e. The molecule has 144 valence electrons. The van der Waals surface area contributed by atoms with Crippen molar-refractivity contribution in [3.05, 3.63) is 24.3 Å². The molecule has 0 spiro atoms. The number of carbonyl (C=O) groups excluding carboxylic acids is 2. The number of hydrogen-bond donors (Lipinski definition) is 1. The Labute approximate surface area is 155 Å². The topological polar surface area (TPSA) is 67.9 Å². The maximum Gasteiger partial charge on any atom is 0.260 e. The third-order valence-electron chi connectivity index (χ3n) is 4.80. The molecule has 1 saturated heterocycles. The van der Waals surface area contributed by atoms with Gasteiger partial charge in [-0.15, -0.1) is 0 Å². The predicted octanol–water partition coefficient (Wildman–Crippen LogP) is 3.22. The molecular weight excluding hydrogens is 332 g/mol. The Hall–Kier alpha value is -2.08. The van der Waals surface area contributed by atoms with Crippen LogP contribution in [0, 0.1) is 0 Å². The van der Waals surface area contributed by atoms with E-state index in [2.05, 4.69) is 5.32 Å². The molecule has 1 aromatic carbocycles. The molecule has 0 aromatic heterocycles. The molecule has 1 heterocycles. The van der Waals surface area contributed by atoms with Crippen molar-refractivity contribution in [2.75, 3.05) is 31.6 Å². The van der Waals surface area contributed by atoms with Crippen LogP contribution in [0.4, 0.5) is 5.69 Å². The third-order valence-corrected chi connectivity index (χ3v) is 4.80. The summed E-state index contributed by atoms with van der Waals surface area (Å²) in [5, 5.41) is 2.87. The third kappa shape index (κ3) is 5.46. The molecule has 0 saturated carbocycles. The van der Waals surface area contributed by atoms with Gasteiger partial charge in [0.25, 0.3) is 11.8 Å². The Morgan fingerprint density at radius 2 is 1.77 bits per heavy atom. The highest BCUT2D eigenvalue weighted by molar-refractivity contribution is 5.97. The zero-order valence-corrected chi connectivity index (χ0v) is 16.0. The van der Waals surface area contributed by atoms with Gasteiger partial charge in [-0.2, -0.15) is 0 Å². The predicted molar refractivity (Wildman–Crippen MR) is 101 cm³/mol. The van der Waals surface area contributed by atoms with Gasteiger partial charge < -0.3 is 19.7 Å². The first-order chi connectivity index (χ1) is 12.5. The molecule has 1 fully saturated rings. The second-order valence-corrected chi connectivity index (χ2v) is 6.73. The maximum absolute atomic E-state index is 12.4. The number of ether oxygens (including phenoxy) is 2. The van der Waals surface area contributed by atoms with Crippen LogP contribution in [0.25, 0.3) is 0 Å². The van der Waals surface area contributed by atoms with E-state index in [0.29, 0.717) is 24.5 Å². The first-order valence-electron chi connectivity index (χ1n) is 9.44. The van der Waals surface area contributed by atoms with Crippen LogP contribution >= 0.6 is 0 Å². The van der Waals surface area contributed by atoms with Crippen molar-refractivity contribution in [2.45, 2.75) is 52.1 Å². The molecule has 0 unspecified atom stereocenters. The molecule has 1 N–H and O–H groups in total. The molecule has 6 heteroatoms. The zero-order valence-electron chi connectivity index (χ0n) is 16.0. The Balaban J connectivity index is 1.85. The van der Waals surface area contributed by atoms with E-state index in [1.54, 1.807) is 31.2 Å². The van der Waals surface area contributed by atoms with E-state index in [1.807, 2.05) is 18.7 Å². The van der Waals surface area contributed by atoms with E-state index in [0.717, 1.165) is 25.9 Å². The van der Waals surface area contributed by atoms with Gasteiger partial charge in [0.1, 0.15) is 11.4 Å². The van der Waals surface area contributed by atoms with E-state index >= 15 is 0 Å². The molecule has 1 aliphatic heterocycles. The van der Waals surface area contributed by atoms with Crippen molar-refractivity contribution in [1.82, 2.24) is 4.90 Å². The summed E-state index contributed by atoms with van der Waals surface area (Å²) in [7, 11) is 0. The number of piperidine rings is 1. The molecule has 2 amide bonds. The van der Waals surface area contributed by atoms with Crippen LogP contribution in [0.5, 0.6) is 5.75 Å². The van der Waals surface area contributed by atoms with Crippen LogP contribution in [0.1, 0.15) is 46.5 Å². The summed E-state index contributed by atoms with van der Waals surface area (Å²) >= 11 is 0. The van der Waals surface area contributed by atoms with E-state index in [9.17, 15) is 9.59 Å². The standard InChI is InChI=1S/C20H30N2O4/c1-4-20(3,26-5-2)19(24)21-16-9-11-17(12-10-16)25-15-18(23)22-13-7-6-8-14-22/h9-12H,4-8,13-15H2,1-3H3,(H,21,24)/t20-/m0/s1. The second-order valence-electron chi connectivity index (χ2n) is 6.73. The van der Waals surface area contributed by atoms with Crippen LogP contribution in [0.15, 0.2) is 24.3 Å². The molecule has 2 rings (SSSR count). The Morgan fingerprint density at radius 3 is 2.35 bits per heavy atom. The van der Waals surface area contributed by atoms with Crippen molar-refractivity contribution in [3.63, 3.8) is 0 Å². The number of carbonyl (C=O) groups is 2. The van der Waals surface area contributed by atoms with E-state index in [1.165, 1.54) is 6.42 Å². The number of nitrogens with zero attached hydrogens (tertiary/aromatic N) is 1. The minimum atomic E-state index is -0.842. The zero-order chi connectivity index (χ0) is 19.0. The van der Waals surface area contributed by atoms with Gasteiger partial charge in [-0.3, -0.25) is 9.59 Å². The highest BCUT2D eigenvalue weighted by Gasteiger charge is 2.31. The summed E-state index contributed by atoms with van der Waals surface area (Å²) in [5.41, 5.74) is -0.172. The fourth-order valence-electron chi connectivity index (χ4n) is 2.92. The van der Waals surface area contributed by atoms with Gasteiger partial charge in [0.15, 0.2) is 6.61 Å². The van der Waals surface area contributed by atoms with Gasteiger partial charge >= 0.3 is 0 Å². The van der Waals surface area contributed by atoms with Crippen molar-refractivity contribution in [1.29, 1.82) is 0 Å². The number of amides is 2. The first kappa shape index (κ1) is 20.2. The van der Waals surface area contributed by atoms with Crippen LogP contribution in [-0.4, -0.2) is 48.6 Å². The quantitative estimate of drug-likeness (QED) is 0.771. The van der Waals surface area contributed by atoms with Crippen LogP contribution in [0.2, 0.25) is 0 Å². The number of likely N-dealkylation sites (tertiary alicyclic amines) is 1. The average Bonchev–Trinajstić information content (AvgIpc) is 2.68. The summed E-state index contributed by atoms with van der Waals surface area (Å²) in [4.78, 5) is 26.4. The minimum absolute atomic E-state index is 0.0255. The molecule has 1 atom stereocenters. The van der Waals surface area contributed by atoms with Crippen LogP contribution in [0.3, 0.4) is 0 Å². The number of hydrogen-bond acceptors (Lipinski definition) is 4. The van der Waals surface area contributed by atoms with Gasteiger partial charge in [-0.1, -0.05) is 6.92 Å². The molecule has 0 radical (unpaired) electrons. The maximum atomic E-state index is 12.4. The Bertz CT molecular complexity index is 596. The van der Waals surface area contributed by atoms with Crippen molar-refractivity contribution >= 4 is 17.5 Å². The van der Waals surface area contributed by atoms with E-state index in [4.69, 9.17) is 9.47 Å². The normalized spacial score (nSPS) is 16.7. The largest absolute Gasteiger partial charge is 0.484 e. The minimum Gasteiger partial charge on any atom is -0.484 e. The van der Waals surface area contributed by atoms with Gasteiger partial charge in [-0.25, -0.2) is 0 Å². The fraction of sp³-hybridized carbons (Fsp3) is 0.600. The summed E-state index contributed by atoms with van der Waals surface area (Å²) in [6.45, 7) is 7.76. The summed E-state index contributed by atoms with van der Waals surface area (Å²) in [6, 6.07) is 7.04. The highest BCUT2D eigenvalue weighted by Crippen LogP contribution is 2.21. The Kier molecular flexibility index (Phi) is 7.45. The molecule has 26 heavy (non-hydrogen) atoms. The van der Waals surface area contributed by atoms with Crippen molar-refractivity contribution < 1.29 is 19.1 Å². The van der Waals surface area contributed by atoms with E-state index in [-0.39, 0.29) is 18.4 Å². The molecule has 1 aliphatic rings. The first-order valence-corrected chi connectivity index (χ1v) is 9.44. The summed E-state index contributed by atoms with van der Waals surface area (Å²) in [6.07, 6.45) is 3.92. The Morgan fingerprint density at radius 1 is 1.12 bits per heavy atom. The summed E-state index contributed by atoms with van der Waals surface area (Å²) in [5.74, 6) is 0.463. The number of rotatable bonds is 8. The lowest BCUT2D eigenvalue weighted by atomic mass is 10.0.